The molecule has 0 bridgehead atoms. The molecule has 3 N–H and O–H groups in total. The van der Waals surface area contributed by atoms with Gasteiger partial charge in [0.25, 0.3) is 5.91 Å². The predicted octanol–water partition coefficient (Wildman–Crippen LogP) is 2.12. The van der Waals surface area contributed by atoms with Crippen LogP contribution in [0.15, 0.2) is 36.5 Å². The van der Waals surface area contributed by atoms with Gasteiger partial charge in [-0.1, -0.05) is 6.07 Å². The Morgan fingerprint density at radius 2 is 2.06 bits per heavy atom. The average Bonchev–Trinajstić information content (AvgIpc) is 3.51. The van der Waals surface area contributed by atoms with Gasteiger partial charge in [-0.25, -0.2) is 4.98 Å². The maximum atomic E-state index is 12.6. The number of aryl methyl sites for hydroxylation is 1. The summed E-state index contributed by atoms with van der Waals surface area (Å²) in [7, 11) is 1.53. The van der Waals surface area contributed by atoms with Gasteiger partial charge in [-0.3, -0.25) is 14.3 Å². The molecule has 0 saturated heterocycles. The van der Waals surface area contributed by atoms with Gasteiger partial charge in [0.05, 0.1) is 18.3 Å². The number of amides is 2. The molecule has 168 valence electrons. The minimum atomic E-state index is -0.326. The number of methoxy groups -OCH3 is 1. The zero-order valence-corrected chi connectivity index (χ0v) is 18.4. The number of carbonyl (C=O) groups excluding carboxylic acids is 2. The summed E-state index contributed by atoms with van der Waals surface area (Å²) in [4.78, 5) is 29.1. The SMILES string of the molecule is COc1cc2nn(CC(=O)NCCNCC3CC3)cc2cc1NC(=O)c1cccc(C)n1. The monoisotopic (exact) mass is 436 g/mol. The van der Waals surface area contributed by atoms with Gasteiger partial charge in [-0.15, -0.1) is 0 Å². The number of rotatable bonds is 10. The van der Waals surface area contributed by atoms with Gasteiger partial charge in [0.2, 0.25) is 5.91 Å². The summed E-state index contributed by atoms with van der Waals surface area (Å²) < 4.78 is 7.02. The molecule has 0 spiro atoms. The molecule has 2 amide bonds. The summed E-state index contributed by atoms with van der Waals surface area (Å²) in [6.07, 6.45) is 4.40. The molecule has 3 aromatic rings. The van der Waals surface area contributed by atoms with Gasteiger partial charge in [0.1, 0.15) is 18.0 Å². The molecule has 9 nitrogen and oxygen atoms in total. The fraction of sp³-hybridized carbons (Fsp3) is 0.391. The van der Waals surface area contributed by atoms with E-state index in [1.807, 2.05) is 13.0 Å². The number of hydrogen-bond acceptors (Lipinski definition) is 6. The molecule has 4 rings (SSSR count). The van der Waals surface area contributed by atoms with Crippen molar-refractivity contribution in [3.8, 4) is 5.75 Å². The number of nitrogens with zero attached hydrogens (tertiary/aromatic N) is 3. The molecule has 1 aliphatic carbocycles. The van der Waals surface area contributed by atoms with Crippen LogP contribution in [0.3, 0.4) is 0 Å². The Bertz CT molecular complexity index is 1120. The summed E-state index contributed by atoms with van der Waals surface area (Å²) in [6, 6.07) is 8.80. The molecule has 1 fully saturated rings. The highest BCUT2D eigenvalue weighted by Gasteiger charge is 2.20. The van der Waals surface area contributed by atoms with Crippen molar-refractivity contribution in [2.75, 3.05) is 32.1 Å². The van der Waals surface area contributed by atoms with Crippen LogP contribution in [-0.4, -0.2) is 53.3 Å². The second kappa shape index (κ2) is 9.78. The van der Waals surface area contributed by atoms with Crippen molar-refractivity contribution < 1.29 is 14.3 Å². The van der Waals surface area contributed by atoms with E-state index in [9.17, 15) is 9.59 Å². The Hall–Kier alpha value is -3.46. The Kier molecular flexibility index (Phi) is 6.65. The zero-order chi connectivity index (χ0) is 22.5. The molecule has 1 aromatic carbocycles. The molecule has 9 heteroatoms. The Balaban J connectivity index is 1.39. The Morgan fingerprint density at radius 3 is 2.81 bits per heavy atom. The lowest BCUT2D eigenvalue weighted by atomic mass is 10.2. The Morgan fingerprint density at radius 1 is 1.22 bits per heavy atom. The van der Waals surface area contributed by atoms with Gasteiger partial charge >= 0.3 is 0 Å². The minimum Gasteiger partial charge on any atom is -0.494 e. The first kappa shape index (κ1) is 21.8. The first-order chi connectivity index (χ1) is 15.5. The number of nitrogens with one attached hydrogen (secondary N) is 3. The molecular weight excluding hydrogens is 408 g/mol. The van der Waals surface area contributed by atoms with E-state index in [1.54, 1.807) is 35.1 Å². The molecule has 0 radical (unpaired) electrons. The largest absolute Gasteiger partial charge is 0.494 e. The van der Waals surface area contributed by atoms with Crippen LogP contribution in [0.5, 0.6) is 5.75 Å². The highest BCUT2D eigenvalue weighted by atomic mass is 16.5. The van der Waals surface area contributed by atoms with Crippen LogP contribution in [-0.2, 0) is 11.3 Å². The van der Waals surface area contributed by atoms with Crippen molar-refractivity contribution in [1.29, 1.82) is 0 Å². The Labute approximate surface area is 186 Å². The van der Waals surface area contributed by atoms with Crippen LogP contribution in [0.4, 0.5) is 5.69 Å². The standard InChI is InChI=1S/C23H28N6O3/c1-15-4-3-5-18(26-15)23(31)27-20-10-17-13-29(28-19(17)11-21(20)32-2)14-22(30)25-9-8-24-12-16-6-7-16/h3-5,10-11,13,16,24H,6-9,12,14H2,1-2H3,(H,25,30)(H,27,31). The fourth-order valence-electron chi connectivity index (χ4n) is 3.43. The molecule has 2 heterocycles. The van der Waals surface area contributed by atoms with Crippen molar-refractivity contribution in [1.82, 2.24) is 25.4 Å². The zero-order valence-electron chi connectivity index (χ0n) is 18.4. The van der Waals surface area contributed by atoms with Crippen molar-refractivity contribution in [2.24, 2.45) is 5.92 Å². The number of ether oxygens (including phenoxy) is 1. The summed E-state index contributed by atoms with van der Waals surface area (Å²) in [5, 5.41) is 14.3. The van der Waals surface area contributed by atoms with Gasteiger partial charge < -0.3 is 20.7 Å². The van der Waals surface area contributed by atoms with Gasteiger partial charge in [0.15, 0.2) is 0 Å². The number of pyridine rings is 1. The molecule has 1 saturated carbocycles. The third-order valence-corrected chi connectivity index (χ3v) is 5.30. The van der Waals surface area contributed by atoms with Crippen LogP contribution in [0.25, 0.3) is 10.9 Å². The summed E-state index contributed by atoms with van der Waals surface area (Å²) in [6.45, 7) is 4.33. The molecule has 2 aromatic heterocycles. The molecular formula is C23H28N6O3. The van der Waals surface area contributed by atoms with Crippen LogP contribution in [0, 0.1) is 12.8 Å². The van der Waals surface area contributed by atoms with Crippen LogP contribution in [0.2, 0.25) is 0 Å². The normalized spacial score (nSPS) is 13.2. The van der Waals surface area contributed by atoms with E-state index in [2.05, 4.69) is 26.0 Å². The van der Waals surface area contributed by atoms with E-state index in [4.69, 9.17) is 4.74 Å². The van der Waals surface area contributed by atoms with E-state index in [1.165, 1.54) is 20.0 Å². The third kappa shape index (κ3) is 5.61. The summed E-state index contributed by atoms with van der Waals surface area (Å²) in [5.74, 6) is 0.877. The van der Waals surface area contributed by atoms with E-state index in [0.29, 0.717) is 29.2 Å². The second-order valence-electron chi connectivity index (χ2n) is 8.05. The maximum absolute atomic E-state index is 12.6. The number of hydrogen-bond donors (Lipinski definition) is 3. The fourth-order valence-corrected chi connectivity index (χ4v) is 3.43. The molecule has 0 atom stereocenters. The third-order valence-electron chi connectivity index (χ3n) is 5.30. The van der Waals surface area contributed by atoms with Gasteiger partial charge in [-0.2, -0.15) is 5.10 Å². The maximum Gasteiger partial charge on any atom is 0.274 e. The van der Waals surface area contributed by atoms with E-state index < -0.39 is 0 Å². The minimum absolute atomic E-state index is 0.1000. The topological polar surface area (TPSA) is 110 Å². The van der Waals surface area contributed by atoms with E-state index >= 15 is 0 Å². The number of fused-ring (bicyclic) bond motifs is 1. The lowest BCUT2D eigenvalue weighted by Gasteiger charge is -2.10. The average molecular weight is 437 g/mol. The van der Waals surface area contributed by atoms with Gasteiger partial charge in [0, 0.05) is 36.4 Å². The summed E-state index contributed by atoms with van der Waals surface area (Å²) in [5.41, 5.74) is 2.27. The quantitative estimate of drug-likeness (QED) is 0.420. The molecule has 1 aliphatic rings. The highest BCUT2D eigenvalue weighted by molar-refractivity contribution is 6.05. The van der Waals surface area contributed by atoms with Crippen molar-refractivity contribution in [2.45, 2.75) is 26.3 Å². The van der Waals surface area contributed by atoms with E-state index in [0.717, 1.165) is 30.1 Å². The molecule has 0 unspecified atom stereocenters. The lowest BCUT2D eigenvalue weighted by Crippen LogP contribution is -2.34. The van der Waals surface area contributed by atoms with Crippen molar-refractivity contribution >= 4 is 28.4 Å². The second-order valence-corrected chi connectivity index (χ2v) is 8.05. The number of carbonyl (C=O) groups is 2. The number of aromatic nitrogens is 3. The molecule has 0 aliphatic heterocycles. The van der Waals surface area contributed by atoms with Crippen molar-refractivity contribution in [3.63, 3.8) is 0 Å². The highest BCUT2D eigenvalue weighted by Crippen LogP contribution is 2.30. The number of anilines is 1. The van der Waals surface area contributed by atoms with Crippen LogP contribution >= 0.6 is 0 Å². The predicted molar refractivity (Wildman–Crippen MR) is 122 cm³/mol. The lowest BCUT2D eigenvalue weighted by molar-refractivity contribution is -0.121. The smallest absolute Gasteiger partial charge is 0.274 e. The summed E-state index contributed by atoms with van der Waals surface area (Å²) >= 11 is 0. The van der Waals surface area contributed by atoms with Crippen LogP contribution in [0.1, 0.15) is 29.0 Å². The first-order valence-corrected chi connectivity index (χ1v) is 10.8. The molecule has 32 heavy (non-hydrogen) atoms. The van der Waals surface area contributed by atoms with E-state index in [-0.39, 0.29) is 18.4 Å². The number of benzene rings is 1. The van der Waals surface area contributed by atoms with Crippen molar-refractivity contribution in [3.05, 3.63) is 47.9 Å². The first-order valence-electron chi connectivity index (χ1n) is 10.8. The van der Waals surface area contributed by atoms with Gasteiger partial charge in [-0.05, 0) is 50.4 Å². The van der Waals surface area contributed by atoms with Crippen LogP contribution < -0.4 is 20.7 Å².